The molecular weight excluding hydrogens is 325 g/mol. The van der Waals surface area contributed by atoms with Crippen LogP contribution in [0.1, 0.15) is 11.4 Å². The van der Waals surface area contributed by atoms with Crippen LogP contribution >= 0.6 is 15.9 Å². The van der Waals surface area contributed by atoms with Gasteiger partial charge in [-0.05, 0) is 18.2 Å². The van der Waals surface area contributed by atoms with Crippen molar-refractivity contribution in [1.82, 2.24) is 14.8 Å². The van der Waals surface area contributed by atoms with Gasteiger partial charge < -0.3 is 5.32 Å². The lowest BCUT2D eigenvalue weighted by Crippen LogP contribution is -2.11. The first-order chi connectivity index (χ1) is 8.86. The van der Waals surface area contributed by atoms with Crippen molar-refractivity contribution in [3.63, 3.8) is 0 Å². The van der Waals surface area contributed by atoms with Crippen LogP contribution in [0.4, 0.5) is 18.9 Å². The number of hydrogen-bond acceptors (Lipinski definition) is 3. The van der Waals surface area contributed by atoms with Gasteiger partial charge in [0.25, 0.3) is 0 Å². The summed E-state index contributed by atoms with van der Waals surface area (Å²) in [5.74, 6) is 0.426. The van der Waals surface area contributed by atoms with Crippen LogP contribution in [0.3, 0.4) is 0 Å². The van der Waals surface area contributed by atoms with Gasteiger partial charge in [0.05, 0.1) is 12.1 Å². The minimum Gasteiger partial charge on any atom is -0.377 e. The number of nitrogens with one attached hydrogen (secondary N) is 1. The summed E-state index contributed by atoms with van der Waals surface area (Å²) in [4.78, 5) is 3.94. The maximum absolute atomic E-state index is 12.8. The van der Waals surface area contributed by atoms with Crippen LogP contribution in [-0.4, -0.2) is 14.8 Å². The molecule has 2 rings (SSSR count). The number of nitrogens with zero attached hydrogens (tertiary/aromatic N) is 3. The van der Waals surface area contributed by atoms with Gasteiger partial charge in [0.1, 0.15) is 6.33 Å². The van der Waals surface area contributed by atoms with Crippen LogP contribution < -0.4 is 5.32 Å². The lowest BCUT2D eigenvalue weighted by molar-refractivity contribution is -0.137. The standard InChI is InChI=1S/C11H10BrF3N4/c1-19-6-17-10(18-19)5-16-9-4-7(12)2-3-8(9)11(13,14)15/h2-4,6,16H,5H2,1H3. The third-order valence-electron chi connectivity index (χ3n) is 2.37. The molecule has 0 aliphatic heterocycles. The van der Waals surface area contributed by atoms with E-state index in [0.717, 1.165) is 6.07 Å². The summed E-state index contributed by atoms with van der Waals surface area (Å²) in [6.07, 6.45) is -2.91. The van der Waals surface area contributed by atoms with E-state index in [1.54, 1.807) is 7.05 Å². The van der Waals surface area contributed by atoms with Gasteiger partial charge in [0.15, 0.2) is 5.82 Å². The molecule has 0 bridgehead atoms. The summed E-state index contributed by atoms with van der Waals surface area (Å²) < 4.78 is 40.5. The summed E-state index contributed by atoms with van der Waals surface area (Å²) in [6, 6.07) is 3.76. The predicted octanol–water partition coefficient (Wildman–Crippen LogP) is 3.21. The van der Waals surface area contributed by atoms with Crippen LogP contribution in [0.25, 0.3) is 0 Å². The van der Waals surface area contributed by atoms with Crippen molar-refractivity contribution in [2.24, 2.45) is 7.05 Å². The number of aromatic nitrogens is 3. The minimum atomic E-state index is -4.40. The highest BCUT2D eigenvalue weighted by Crippen LogP contribution is 2.36. The number of alkyl halides is 3. The van der Waals surface area contributed by atoms with Crippen molar-refractivity contribution in [2.45, 2.75) is 12.7 Å². The minimum absolute atomic E-state index is 0.00525. The Bertz CT molecular complexity index is 580. The Morgan fingerprint density at radius 2 is 2.11 bits per heavy atom. The monoisotopic (exact) mass is 334 g/mol. The van der Waals surface area contributed by atoms with Gasteiger partial charge in [-0.1, -0.05) is 15.9 Å². The van der Waals surface area contributed by atoms with Gasteiger partial charge in [-0.2, -0.15) is 18.3 Å². The number of halogens is 4. The quantitative estimate of drug-likeness (QED) is 0.937. The molecule has 102 valence electrons. The molecule has 8 heteroatoms. The van der Waals surface area contributed by atoms with E-state index in [2.05, 4.69) is 31.3 Å². The fourth-order valence-corrected chi connectivity index (χ4v) is 1.91. The van der Waals surface area contributed by atoms with E-state index in [1.165, 1.54) is 23.1 Å². The lowest BCUT2D eigenvalue weighted by atomic mass is 10.1. The maximum atomic E-state index is 12.8. The topological polar surface area (TPSA) is 42.7 Å². The van der Waals surface area contributed by atoms with Crippen LogP contribution in [0.15, 0.2) is 29.0 Å². The molecule has 0 aliphatic carbocycles. The molecule has 0 spiro atoms. The van der Waals surface area contributed by atoms with Crippen LogP contribution in [-0.2, 0) is 19.8 Å². The second-order valence-electron chi connectivity index (χ2n) is 3.88. The molecule has 2 aromatic rings. The third kappa shape index (κ3) is 3.46. The van der Waals surface area contributed by atoms with Crippen molar-refractivity contribution >= 4 is 21.6 Å². The Hall–Kier alpha value is -1.57. The average Bonchev–Trinajstić information content (AvgIpc) is 2.71. The van der Waals surface area contributed by atoms with Gasteiger partial charge in [-0.3, -0.25) is 4.68 Å². The maximum Gasteiger partial charge on any atom is 0.418 e. The summed E-state index contributed by atoms with van der Waals surface area (Å²) in [5, 5.41) is 6.69. The molecule has 19 heavy (non-hydrogen) atoms. The molecule has 0 saturated heterocycles. The zero-order valence-corrected chi connectivity index (χ0v) is 11.5. The number of hydrogen-bond donors (Lipinski definition) is 1. The van der Waals surface area contributed by atoms with Gasteiger partial charge in [-0.15, -0.1) is 0 Å². The SMILES string of the molecule is Cn1cnc(CNc2cc(Br)ccc2C(F)(F)F)n1. The number of rotatable bonds is 3. The highest BCUT2D eigenvalue weighted by Gasteiger charge is 2.33. The normalized spacial score (nSPS) is 11.6. The largest absolute Gasteiger partial charge is 0.418 e. The van der Waals surface area contributed by atoms with E-state index >= 15 is 0 Å². The van der Waals surface area contributed by atoms with E-state index < -0.39 is 11.7 Å². The number of anilines is 1. The first-order valence-electron chi connectivity index (χ1n) is 5.31. The summed E-state index contributed by atoms with van der Waals surface area (Å²) in [6.45, 7) is 0.125. The molecule has 1 heterocycles. The second-order valence-corrected chi connectivity index (χ2v) is 4.79. The second kappa shape index (κ2) is 5.20. The van der Waals surface area contributed by atoms with E-state index in [0.29, 0.717) is 10.3 Å². The Morgan fingerprint density at radius 3 is 2.68 bits per heavy atom. The van der Waals surface area contributed by atoms with Crippen molar-refractivity contribution in [2.75, 3.05) is 5.32 Å². The Balaban J connectivity index is 2.21. The van der Waals surface area contributed by atoms with Crippen molar-refractivity contribution in [3.05, 3.63) is 40.4 Å². The molecule has 0 fully saturated rings. The Kier molecular flexibility index (Phi) is 3.79. The van der Waals surface area contributed by atoms with Crippen LogP contribution in [0.2, 0.25) is 0 Å². The molecule has 4 nitrogen and oxygen atoms in total. The van der Waals surface area contributed by atoms with E-state index in [-0.39, 0.29) is 12.2 Å². The Morgan fingerprint density at radius 1 is 1.37 bits per heavy atom. The number of aryl methyl sites for hydroxylation is 1. The highest BCUT2D eigenvalue weighted by atomic mass is 79.9. The first-order valence-corrected chi connectivity index (χ1v) is 6.10. The van der Waals surface area contributed by atoms with Crippen LogP contribution in [0.5, 0.6) is 0 Å². The Labute approximate surface area is 115 Å². The molecule has 1 aromatic carbocycles. The summed E-state index contributed by atoms with van der Waals surface area (Å²) >= 11 is 3.15. The third-order valence-corrected chi connectivity index (χ3v) is 2.86. The predicted molar refractivity (Wildman–Crippen MR) is 67.5 cm³/mol. The molecule has 1 N–H and O–H groups in total. The van der Waals surface area contributed by atoms with Gasteiger partial charge >= 0.3 is 6.18 Å². The molecule has 0 amide bonds. The molecular formula is C11H10BrF3N4. The molecule has 0 atom stereocenters. The van der Waals surface area contributed by atoms with Gasteiger partial charge in [-0.25, -0.2) is 4.98 Å². The summed E-state index contributed by atoms with van der Waals surface area (Å²) in [5.41, 5.74) is -0.721. The molecule has 1 aromatic heterocycles. The number of benzene rings is 1. The smallest absolute Gasteiger partial charge is 0.377 e. The average molecular weight is 335 g/mol. The van der Waals surface area contributed by atoms with Gasteiger partial charge in [0, 0.05) is 17.2 Å². The van der Waals surface area contributed by atoms with E-state index in [9.17, 15) is 13.2 Å². The van der Waals surface area contributed by atoms with Crippen molar-refractivity contribution < 1.29 is 13.2 Å². The van der Waals surface area contributed by atoms with E-state index in [1.807, 2.05) is 0 Å². The molecule has 0 radical (unpaired) electrons. The van der Waals surface area contributed by atoms with Crippen molar-refractivity contribution in [1.29, 1.82) is 0 Å². The fraction of sp³-hybridized carbons (Fsp3) is 0.273. The zero-order valence-electron chi connectivity index (χ0n) is 9.87. The first kappa shape index (κ1) is 13.9. The fourth-order valence-electron chi connectivity index (χ4n) is 1.55. The highest BCUT2D eigenvalue weighted by molar-refractivity contribution is 9.10. The van der Waals surface area contributed by atoms with E-state index in [4.69, 9.17) is 0 Å². The molecule has 0 aliphatic rings. The van der Waals surface area contributed by atoms with Crippen molar-refractivity contribution in [3.8, 4) is 0 Å². The molecule has 0 unspecified atom stereocenters. The zero-order chi connectivity index (χ0) is 14.0. The van der Waals surface area contributed by atoms with Crippen LogP contribution in [0, 0.1) is 0 Å². The van der Waals surface area contributed by atoms with Gasteiger partial charge in [0.2, 0.25) is 0 Å². The lowest BCUT2D eigenvalue weighted by Gasteiger charge is -2.14. The summed E-state index contributed by atoms with van der Waals surface area (Å²) in [7, 11) is 1.69. The molecule has 0 saturated carbocycles.